The van der Waals surface area contributed by atoms with Crippen LogP contribution in [0.5, 0.6) is 0 Å². The number of rotatable bonds is 3. The Morgan fingerprint density at radius 3 is 2.75 bits per heavy atom. The molecule has 3 heteroatoms. The summed E-state index contributed by atoms with van der Waals surface area (Å²) in [7, 11) is 0. The van der Waals surface area contributed by atoms with Gasteiger partial charge in [-0.15, -0.1) is 0 Å². The Balaban J connectivity index is 2.15. The molecule has 0 bridgehead atoms. The smallest absolute Gasteiger partial charge is 0.0420 e. The van der Waals surface area contributed by atoms with E-state index in [1.807, 2.05) is 37.4 Å². The molecule has 0 aromatic carbocycles. The van der Waals surface area contributed by atoms with Crippen LogP contribution in [0.2, 0.25) is 0 Å². The van der Waals surface area contributed by atoms with E-state index in [2.05, 4.69) is 9.97 Å². The quantitative estimate of drug-likeness (QED) is 0.848. The number of nitrogens with zero attached hydrogens (tertiary/aromatic N) is 2. The largest absolute Gasteiger partial charge is 0.324 e. The first-order valence-electron chi connectivity index (χ1n) is 5.33. The van der Waals surface area contributed by atoms with E-state index in [0.29, 0.717) is 0 Å². The van der Waals surface area contributed by atoms with Gasteiger partial charge in [-0.1, -0.05) is 12.1 Å². The second-order valence-corrected chi connectivity index (χ2v) is 3.85. The molecule has 0 fully saturated rings. The second kappa shape index (κ2) is 4.86. The van der Waals surface area contributed by atoms with E-state index in [1.54, 1.807) is 12.4 Å². The molecular formula is C13H15N3. The third-order valence-electron chi connectivity index (χ3n) is 2.63. The lowest BCUT2D eigenvalue weighted by molar-refractivity contribution is 0.708. The Hall–Kier alpha value is -1.74. The van der Waals surface area contributed by atoms with Gasteiger partial charge in [-0.3, -0.25) is 9.97 Å². The number of aromatic nitrogens is 2. The van der Waals surface area contributed by atoms with Crippen molar-refractivity contribution < 1.29 is 0 Å². The summed E-state index contributed by atoms with van der Waals surface area (Å²) in [6.07, 6.45) is 6.20. The highest BCUT2D eigenvalue weighted by atomic mass is 14.7. The van der Waals surface area contributed by atoms with Crippen LogP contribution in [0.4, 0.5) is 0 Å². The van der Waals surface area contributed by atoms with Crippen LogP contribution in [-0.4, -0.2) is 9.97 Å². The highest BCUT2D eigenvalue weighted by Gasteiger charge is 2.09. The normalized spacial score (nSPS) is 12.4. The van der Waals surface area contributed by atoms with Crippen molar-refractivity contribution in [1.29, 1.82) is 0 Å². The van der Waals surface area contributed by atoms with Gasteiger partial charge in [0.25, 0.3) is 0 Å². The Kier molecular flexibility index (Phi) is 3.27. The lowest BCUT2D eigenvalue weighted by Crippen LogP contribution is -2.15. The molecule has 0 aliphatic heterocycles. The molecule has 0 saturated carbocycles. The third-order valence-corrected chi connectivity index (χ3v) is 2.63. The zero-order chi connectivity index (χ0) is 11.4. The molecule has 2 aromatic heterocycles. The van der Waals surface area contributed by atoms with Gasteiger partial charge in [0.05, 0.1) is 0 Å². The zero-order valence-electron chi connectivity index (χ0n) is 9.30. The topological polar surface area (TPSA) is 51.8 Å². The molecule has 2 heterocycles. The fourth-order valence-corrected chi connectivity index (χ4v) is 1.77. The van der Waals surface area contributed by atoms with E-state index in [1.165, 1.54) is 0 Å². The van der Waals surface area contributed by atoms with Gasteiger partial charge in [0.15, 0.2) is 0 Å². The predicted octanol–water partition coefficient (Wildman–Crippen LogP) is 2.03. The minimum absolute atomic E-state index is 0.0158. The van der Waals surface area contributed by atoms with Gasteiger partial charge in [0.1, 0.15) is 0 Å². The summed E-state index contributed by atoms with van der Waals surface area (Å²) in [5, 5.41) is 0. The summed E-state index contributed by atoms with van der Waals surface area (Å²) >= 11 is 0. The molecule has 2 aromatic rings. The molecule has 1 unspecified atom stereocenters. The summed E-state index contributed by atoms with van der Waals surface area (Å²) in [4.78, 5) is 8.33. The summed E-state index contributed by atoms with van der Waals surface area (Å²) in [5.41, 5.74) is 9.41. The molecule has 3 nitrogen and oxygen atoms in total. The van der Waals surface area contributed by atoms with Crippen molar-refractivity contribution in [3.8, 4) is 0 Å². The maximum atomic E-state index is 6.16. The van der Waals surface area contributed by atoms with Crippen LogP contribution in [0.1, 0.15) is 22.9 Å². The van der Waals surface area contributed by atoms with Crippen molar-refractivity contribution in [2.75, 3.05) is 0 Å². The van der Waals surface area contributed by atoms with E-state index in [9.17, 15) is 0 Å². The molecule has 0 saturated heterocycles. The van der Waals surface area contributed by atoms with Crippen LogP contribution in [0.3, 0.4) is 0 Å². The van der Waals surface area contributed by atoms with Crippen LogP contribution >= 0.6 is 0 Å². The summed E-state index contributed by atoms with van der Waals surface area (Å²) in [6.45, 7) is 1.98. The van der Waals surface area contributed by atoms with Gasteiger partial charge in [-0.25, -0.2) is 0 Å². The average molecular weight is 213 g/mol. The molecule has 2 rings (SSSR count). The van der Waals surface area contributed by atoms with Gasteiger partial charge in [0.2, 0.25) is 0 Å². The van der Waals surface area contributed by atoms with Crippen molar-refractivity contribution in [2.24, 2.45) is 5.73 Å². The van der Waals surface area contributed by atoms with Gasteiger partial charge < -0.3 is 5.73 Å². The monoisotopic (exact) mass is 213 g/mol. The van der Waals surface area contributed by atoms with Crippen molar-refractivity contribution in [1.82, 2.24) is 9.97 Å². The molecule has 1 atom stereocenters. The fraction of sp³-hybridized carbons (Fsp3) is 0.231. The molecule has 0 radical (unpaired) electrons. The minimum Gasteiger partial charge on any atom is -0.324 e. The maximum Gasteiger partial charge on any atom is 0.0420 e. The Morgan fingerprint density at radius 2 is 2.06 bits per heavy atom. The molecule has 82 valence electrons. The van der Waals surface area contributed by atoms with Gasteiger partial charge in [0, 0.05) is 30.3 Å². The Bertz CT molecular complexity index is 454. The number of hydrogen-bond donors (Lipinski definition) is 1. The summed E-state index contributed by atoms with van der Waals surface area (Å²) < 4.78 is 0. The first-order valence-corrected chi connectivity index (χ1v) is 5.33. The van der Waals surface area contributed by atoms with Crippen LogP contribution in [-0.2, 0) is 6.42 Å². The lowest BCUT2D eigenvalue weighted by atomic mass is 10.00. The van der Waals surface area contributed by atoms with E-state index in [0.717, 1.165) is 23.2 Å². The first kappa shape index (κ1) is 10.8. The predicted molar refractivity (Wildman–Crippen MR) is 63.8 cm³/mol. The Labute approximate surface area is 95.4 Å². The van der Waals surface area contributed by atoms with Crippen LogP contribution in [0.15, 0.2) is 42.9 Å². The van der Waals surface area contributed by atoms with Gasteiger partial charge in [-0.2, -0.15) is 0 Å². The van der Waals surface area contributed by atoms with Crippen LogP contribution in [0.25, 0.3) is 0 Å². The van der Waals surface area contributed by atoms with Gasteiger partial charge >= 0.3 is 0 Å². The highest BCUT2D eigenvalue weighted by molar-refractivity contribution is 5.24. The van der Waals surface area contributed by atoms with Crippen molar-refractivity contribution in [3.63, 3.8) is 0 Å². The Morgan fingerprint density at radius 1 is 1.25 bits per heavy atom. The molecule has 0 aliphatic carbocycles. The molecule has 16 heavy (non-hydrogen) atoms. The fourth-order valence-electron chi connectivity index (χ4n) is 1.77. The van der Waals surface area contributed by atoms with Crippen molar-refractivity contribution in [3.05, 3.63) is 59.7 Å². The molecule has 0 spiro atoms. The molecule has 2 N–H and O–H groups in total. The lowest BCUT2D eigenvalue weighted by Gasteiger charge is -2.13. The standard InChI is InChI=1S/C13H15N3/c1-10-12(5-3-7-16-10)13(14)8-11-4-2-6-15-9-11/h2-7,9,13H,8,14H2,1H3. The van der Waals surface area contributed by atoms with E-state index in [4.69, 9.17) is 5.73 Å². The SMILES string of the molecule is Cc1ncccc1C(N)Cc1cccnc1. The van der Waals surface area contributed by atoms with E-state index < -0.39 is 0 Å². The number of pyridine rings is 2. The van der Waals surface area contributed by atoms with Crippen molar-refractivity contribution >= 4 is 0 Å². The van der Waals surface area contributed by atoms with Crippen LogP contribution < -0.4 is 5.73 Å². The van der Waals surface area contributed by atoms with Crippen molar-refractivity contribution in [2.45, 2.75) is 19.4 Å². The minimum atomic E-state index is -0.0158. The zero-order valence-corrected chi connectivity index (χ0v) is 9.30. The highest BCUT2D eigenvalue weighted by Crippen LogP contribution is 2.17. The number of nitrogens with two attached hydrogens (primary N) is 1. The van der Waals surface area contributed by atoms with Crippen LogP contribution in [0, 0.1) is 6.92 Å². The molecule has 0 aliphatic rings. The second-order valence-electron chi connectivity index (χ2n) is 3.85. The third kappa shape index (κ3) is 2.44. The van der Waals surface area contributed by atoms with E-state index >= 15 is 0 Å². The van der Waals surface area contributed by atoms with E-state index in [-0.39, 0.29) is 6.04 Å². The maximum absolute atomic E-state index is 6.16. The average Bonchev–Trinajstić information content (AvgIpc) is 2.31. The molecule has 0 amide bonds. The number of aryl methyl sites for hydroxylation is 1. The van der Waals surface area contributed by atoms with Gasteiger partial charge in [-0.05, 0) is 36.6 Å². The molecular weight excluding hydrogens is 198 g/mol. The number of hydrogen-bond acceptors (Lipinski definition) is 3. The summed E-state index contributed by atoms with van der Waals surface area (Å²) in [6, 6.07) is 7.91. The summed E-state index contributed by atoms with van der Waals surface area (Å²) in [5.74, 6) is 0. The first-order chi connectivity index (χ1) is 7.77.